The molecule has 29 heavy (non-hydrogen) atoms. The molecule has 0 aliphatic rings. The first kappa shape index (κ1) is 20.3. The fraction of sp³-hybridized carbons (Fsp3) is 0.174. The van der Waals surface area contributed by atoms with E-state index in [1.54, 1.807) is 17.4 Å². The van der Waals surface area contributed by atoms with Crippen LogP contribution >= 0.6 is 11.3 Å². The Labute approximate surface area is 174 Å². The molecule has 0 saturated heterocycles. The molecule has 0 saturated carbocycles. The predicted octanol–water partition coefficient (Wildman–Crippen LogP) is 5.19. The van der Waals surface area contributed by atoms with Gasteiger partial charge in [0.1, 0.15) is 24.0 Å². The van der Waals surface area contributed by atoms with Crippen molar-refractivity contribution in [2.75, 3.05) is 5.32 Å². The zero-order chi connectivity index (χ0) is 20.8. The molecule has 0 aliphatic carbocycles. The average molecular weight is 404 g/mol. The minimum absolute atomic E-state index is 0.0385. The topological polar surface area (TPSA) is 75.0 Å². The zero-order valence-corrected chi connectivity index (χ0v) is 17.3. The van der Waals surface area contributed by atoms with Gasteiger partial charge < -0.3 is 10.1 Å². The Morgan fingerprint density at radius 1 is 1.21 bits per heavy atom. The van der Waals surface area contributed by atoms with Gasteiger partial charge in [-0.1, -0.05) is 29.8 Å². The van der Waals surface area contributed by atoms with Gasteiger partial charge in [0.2, 0.25) is 0 Å². The number of carbonyl (C=O) groups excluding carboxylic acids is 1. The second-order valence-corrected chi connectivity index (χ2v) is 7.72. The highest BCUT2D eigenvalue weighted by molar-refractivity contribution is 7.09. The molecule has 0 aliphatic heterocycles. The van der Waals surface area contributed by atoms with E-state index in [9.17, 15) is 10.1 Å². The number of carbonyl (C=O) groups is 1. The van der Waals surface area contributed by atoms with Gasteiger partial charge in [0.05, 0.1) is 10.7 Å². The largest absolute Gasteiger partial charge is 0.487 e. The van der Waals surface area contributed by atoms with Crippen LogP contribution in [0.4, 0.5) is 5.69 Å². The Kier molecular flexibility index (Phi) is 6.43. The minimum Gasteiger partial charge on any atom is -0.487 e. The van der Waals surface area contributed by atoms with E-state index < -0.39 is 5.91 Å². The van der Waals surface area contributed by atoms with E-state index in [0.29, 0.717) is 18.0 Å². The lowest BCUT2D eigenvalue weighted by Gasteiger charge is -2.09. The molecule has 1 N–H and O–H groups in total. The minimum atomic E-state index is -0.432. The summed E-state index contributed by atoms with van der Waals surface area (Å²) >= 11 is 1.59. The van der Waals surface area contributed by atoms with Gasteiger partial charge in [-0.25, -0.2) is 4.98 Å². The number of benzene rings is 2. The maximum absolute atomic E-state index is 12.5. The number of hydrogen-bond acceptors (Lipinski definition) is 5. The summed E-state index contributed by atoms with van der Waals surface area (Å²) in [7, 11) is 0. The van der Waals surface area contributed by atoms with Gasteiger partial charge in [0.15, 0.2) is 0 Å². The van der Waals surface area contributed by atoms with Crippen molar-refractivity contribution in [1.82, 2.24) is 4.98 Å². The molecule has 1 amide bonds. The molecule has 2 aromatic carbocycles. The first-order chi connectivity index (χ1) is 13.9. The standard InChI is InChI=1S/C23H21N3O2S/c1-15-4-9-22(16(2)10-15)26-23(27)19(12-24)11-18-5-7-21(8-6-18)28-13-20-14-29-17(3)25-20/h4-11,14H,13H2,1-3H3,(H,26,27)/b19-11+. The van der Waals surface area contributed by atoms with Crippen molar-refractivity contribution in [2.45, 2.75) is 27.4 Å². The van der Waals surface area contributed by atoms with Crippen molar-refractivity contribution in [2.24, 2.45) is 0 Å². The normalized spacial score (nSPS) is 11.0. The van der Waals surface area contributed by atoms with Gasteiger partial charge in [-0.3, -0.25) is 4.79 Å². The summed E-state index contributed by atoms with van der Waals surface area (Å²) in [5, 5.41) is 15.2. The van der Waals surface area contributed by atoms with Gasteiger partial charge in [-0.05, 0) is 56.2 Å². The van der Waals surface area contributed by atoms with E-state index in [0.717, 1.165) is 27.4 Å². The third kappa shape index (κ3) is 5.53. The smallest absolute Gasteiger partial charge is 0.266 e. The second kappa shape index (κ2) is 9.18. The lowest BCUT2D eigenvalue weighted by Crippen LogP contribution is -2.14. The molecular formula is C23H21N3O2S. The van der Waals surface area contributed by atoms with E-state index in [2.05, 4.69) is 10.3 Å². The third-order valence-electron chi connectivity index (χ3n) is 4.24. The van der Waals surface area contributed by atoms with Crippen LogP contribution in [0.25, 0.3) is 6.08 Å². The number of nitriles is 1. The van der Waals surface area contributed by atoms with Crippen molar-refractivity contribution in [3.8, 4) is 11.8 Å². The highest BCUT2D eigenvalue weighted by Crippen LogP contribution is 2.19. The number of anilines is 1. The summed E-state index contributed by atoms with van der Waals surface area (Å²) in [5.74, 6) is 0.268. The number of nitrogens with zero attached hydrogens (tertiary/aromatic N) is 2. The van der Waals surface area contributed by atoms with Crippen LogP contribution in [0, 0.1) is 32.1 Å². The fourth-order valence-corrected chi connectivity index (χ4v) is 3.35. The number of aromatic nitrogens is 1. The number of rotatable bonds is 6. The Morgan fingerprint density at radius 2 is 1.97 bits per heavy atom. The quantitative estimate of drug-likeness (QED) is 0.454. The first-order valence-corrected chi connectivity index (χ1v) is 9.97. The average Bonchev–Trinajstić information content (AvgIpc) is 3.12. The molecule has 0 radical (unpaired) electrons. The van der Waals surface area contributed by atoms with Gasteiger partial charge in [-0.2, -0.15) is 5.26 Å². The first-order valence-electron chi connectivity index (χ1n) is 9.09. The number of amides is 1. The van der Waals surface area contributed by atoms with Gasteiger partial charge in [-0.15, -0.1) is 11.3 Å². The van der Waals surface area contributed by atoms with E-state index in [-0.39, 0.29) is 5.57 Å². The van der Waals surface area contributed by atoms with Crippen LogP contribution in [0.3, 0.4) is 0 Å². The molecule has 3 aromatic rings. The maximum Gasteiger partial charge on any atom is 0.266 e. The van der Waals surface area contributed by atoms with Gasteiger partial charge in [0, 0.05) is 11.1 Å². The van der Waals surface area contributed by atoms with E-state index >= 15 is 0 Å². The number of ether oxygens (including phenoxy) is 1. The molecule has 0 atom stereocenters. The summed E-state index contributed by atoms with van der Waals surface area (Å²) in [6.07, 6.45) is 1.56. The SMILES string of the molecule is Cc1ccc(NC(=O)/C(C#N)=C/c2ccc(OCc3csc(C)n3)cc2)c(C)c1. The van der Waals surface area contributed by atoms with E-state index in [1.807, 2.05) is 74.7 Å². The Balaban J connectivity index is 1.66. The van der Waals surface area contributed by atoms with Crippen LogP contribution < -0.4 is 10.1 Å². The molecule has 0 fully saturated rings. The predicted molar refractivity (Wildman–Crippen MR) is 116 cm³/mol. The second-order valence-electron chi connectivity index (χ2n) is 6.66. The number of hydrogen-bond donors (Lipinski definition) is 1. The molecule has 6 heteroatoms. The Bertz CT molecular complexity index is 1090. The van der Waals surface area contributed by atoms with Crippen molar-refractivity contribution >= 4 is 29.0 Å². The van der Waals surface area contributed by atoms with Crippen molar-refractivity contribution < 1.29 is 9.53 Å². The third-order valence-corrected chi connectivity index (χ3v) is 5.06. The summed E-state index contributed by atoms with van der Waals surface area (Å²) in [6, 6.07) is 15.0. The summed E-state index contributed by atoms with van der Waals surface area (Å²) in [4.78, 5) is 16.8. The highest BCUT2D eigenvalue weighted by atomic mass is 32.1. The summed E-state index contributed by atoms with van der Waals surface area (Å²) in [5.41, 5.74) is 4.44. The monoisotopic (exact) mass is 403 g/mol. The zero-order valence-electron chi connectivity index (χ0n) is 16.5. The molecule has 3 rings (SSSR count). The molecule has 0 bridgehead atoms. The van der Waals surface area contributed by atoms with Crippen molar-refractivity contribution in [3.05, 3.63) is 80.8 Å². The molecule has 146 valence electrons. The number of aryl methyl sites for hydroxylation is 3. The number of thiazole rings is 1. The maximum atomic E-state index is 12.5. The lowest BCUT2D eigenvalue weighted by molar-refractivity contribution is -0.112. The summed E-state index contributed by atoms with van der Waals surface area (Å²) in [6.45, 7) is 6.27. The van der Waals surface area contributed by atoms with E-state index in [4.69, 9.17) is 4.74 Å². The molecule has 1 heterocycles. The van der Waals surface area contributed by atoms with Crippen LogP contribution in [-0.4, -0.2) is 10.9 Å². The van der Waals surface area contributed by atoms with Gasteiger partial charge in [0.25, 0.3) is 5.91 Å². The van der Waals surface area contributed by atoms with Crippen molar-refractivity contribution in [3.63, 3.8) is 0 Å². The molecule has 5 nitrogen and oxygen atoms in total. The van der Waals surface area contributed by atoms with Crippen LogP contribution in [0.2, 0.25) is 0 Å². The van der Waals surface area contributed by atoms with Crippen LogP contribution in [0.1, 0.15) is 27.4 Å². The van der Waals surface area contributed by atoms with Crippen LogP contribution in [0.15, 0.2) is 53.4 Å². The highest BCUT2D eigenvalue weighted by Gasteiger charge is 2.11. The van der Waals surface area contributed by atoms with Gasteiger partial charge >= 0.3 is 0 Å². The summed E-state index contributed by atoms with van der Waals surface area (Å²) < 4.78 is 5.72. The Hall–Kier alpha value is -3.43. The molecular weight excluding hydrogens is 382 g/mol. The van der Waals surface area contributed by atoms with E-state index in [1.165, 1.54) is 0 Å². The Morgan fingerprint density at radius 3 is 2.59 bits per heavy atom. The van der Waals surface area contributed by atoms with Crippen LogP contribution in [0.5, 0.6) is 5.75 Å². The molecule has 1 aromatic heterocycles. The lowest BCUT2D eigenvalue weighted by atomic mass is 10.1. The molecule has 0 unspecified atom stereocenters. The molecule has 0 spiro atoms. The van der Waals surface area contributed by atoms with Crippen LogP contribution in [-0.2, 0) is 11.4 Å². The van der Waals surface area contributed by atoms with Crippen molar-refractivity contribution in [1.29, 1.82) is 5.26 Å². The number of nitrogens with one attached hydrogen (secondary N) is 1. The fourth-order valence-electron chi connectivity index (χ4n) is 2.75.